The molecular weight excluding hydrogens is 448 g/mol. The summed E-state index contributed by atoms with van der Waals surface area (Å²) in [7, 11) is 0. The molecule has 1 aliphatic rings. The van der Waals surface area contributed by atoms with Gasteiger partial charge >= 0.3 is 0 Å². The molecule has 0 fully saturated rings. The second-order valence-corrected chi connectivity index (χ2v) is 8.61. The van der Waals surface area contributed by atoms with Gasteiger partial charge in [-0.25, -0.2) is 4.98 Å². The van der Waals surface area contributed by atoms with E-state index < -0.39 is 11.9 Å². The van der Waals surface area contributed by atoms with Crippen molar-refractivity contribution in [1.82, 2.24) is 4.98 Å². The van der Waals surface area contributed by atoms with Gasteiger partial charge in [0.25, 0.3) is 5.91 Å². The second-order valence-electron chi connectivity index (χ2n) is 7.33. The number of nitrogens with zero attached hydrogens (tertiary/aromatic N) is 2. The van der Waals surface area contributed by atoms with E-state index in [0.717, 1.165) is 11.3 Å². The fraction of sp³-hybridized carbons (Fsp3) is 0.125. The first-order chi connectivity index (χ1) is 15.5. The minimum atomic E-state index is -0.684. The van der Waals surface area contributed by atoms with Gasteiger partial charge in [-0.1, -0.05) is 36.4 Å². The molecule has 2 aromatic carbocycles. The molecule has 3 heterocycles. The molecule has 0 N–H and O–H groups in total. The quantitative estimate of drug-likeness (QED) is 0.363. The molecule has 0 saturated heterocycles. The van der Waals surface area contributed by atoms with Gasteiger partial charge in [-0.15, -0.1) is 11.3 Å². The number of thiazole rings is 1. The van der Waals surface area contributed by atoms with E-state index >= 15 is 0 Å². The highest BCUT2D eigenvalue weighted by molar-refractivity contribution is 7.14. The van der Waals surface area contributed by atoms with E-state index in [9.17, 15) is 9.59 Å². The first-order valence-electron chi connectivity index (χ1n) is 9.83. The standard InChI is InChI=1S/C24H17ClN2O4S/c1-3-10-30-16-7-4-14(5-8-16)20-19-21(28)17-11-15(25)6-9-18(17)31-22(19)23(29)27(20)24-26-13(2)12-32-24/h3-9,11-12,20H,1,10H2,2H3. The van der Waals surface area contributed by atoms with Crippen molar-refractivity contribution in [1.29, 1.82) is 0 Å². The van der Waals surface area contributed by atoms with Crippen LogP contribution in [0.1, 0.15) is 33.4 Å². The Morgan fingerprint density at radius 2 is 2.03 bits per heavy atom. The molecule has 1 aliphatic heterocycles. The van der Waals surface area contributed by atoms with E-state index in [1.807, 2.05) is 24.4 Å². The van der Waals surface area contributed by atoms with Gasteiger partial charge in [0.1, 0.15) is 17.9 Å². The maximum atomic E-state index is 13.5. The minimum absolute atomic E-state index is 0.0228. The van der Waals surface area contributed by atoms with Gasteiger partial charge in [0, 0.05) is 10.4 Å². The predicted molar refractivity (Wildman–Crippen MR) is 125 cm³/mol. The van der Waals surface area contributed by atoms with E-state index in [0.29, 0.717) is 33.5 Å². The predicted octanol–water partition coefficient (Wildman–Crippen LogP) is 5.53. The average molecular weight is 465 g/mol. The van der Waals surface area contributed by atoms with Crippen molar-refractivity contribution >= 4 is 44.9 Å². The number of carbonyl (C=O) groups is 1. The summed E-state index contributed by atoms with van der Waals surface area (Å²) in [5.74, 6) is 0.280. The number of amides is 1. The van der Waals surface area contributed by atoms with Crippen LogP contribution in [0, 0.1) is 6.92 Å². The Bertz CT molecular complexity index is 1420. The number of hydrogen-bond donors (Lipinski definition) is 0. The molecule has 0 radical (unpaired) electrons. The van der Waals surface area contributed by atoms with E-state index in [-0.39, 0.29) is 16.8 Å². The Labute approximate surface area is 192 Å². The van der Waals surface area contributed by atoms with Crippen molar-refractivity contribution in [2.75, 3.05) is 11.5 Å². The van der Waals surface area contributed by atoms with Crippen molar-refractivity contribution in [3.63, 3.8) is 0 Å². The largest absolute Gasteiger partial charge is 0.490 e. The van der Waals surface area contributed by atoms with Gasteiger partial charge < -0.3 is 9.15 Å². The number of fused-ring (bicyclic) bond motifs is 2. The third-order valence-electron chi connectivity index (χ3n) is 5.21. The number of anilines is 1. The van der Waals surface area contributed by atoms with Gasteiger partial charge in [-0.3, -0.25) is 14.5 Å². The summed E-state index contributed by atoms with van der Waals surface area (Å²) >= 11 is 7.46. The number of aryl methyl sites for hydroxylation is 1. The zero-order valence-corrected chi connectivity index (χ0v) is 18.6. The summed E-state index contributed by atoms with van der Waals surface area (Å²) in [6, 6.07) is 11.4. The Morgan fingerprint density at radius 3 is 2.72 bits per heavy atom. The number of ether oxygens (including phenoxy) is 1. The topological polar surface area (TPSA) is 72.6 Å². The van der Waals surface area contributed by atoms with Crippen molar-refractivity contribution in [2.45, 2.75) is 13.0 Å². The Kier molecular flexibility index (Phi) is 5.07. The molecule has 0 aliphatic carbocycles. The Morgan fingerprint density at radius 1 is 1.25 bits per heavy atom. The van der Waals surface area contributed by atoms with Gasteiger partial charge in [-0.05, 0) is 42.8 Å². The molecule has 2 aromatic heterocycles. The average Bonchev–Trinajstić information content (AvgIpc) is 3.34. The first kappa shape index (κ1) is 20.5. The smallest absolute Gasteiger partial charge is 0.297 e. The van der Waals surface area contributed by atoms with E-state index in [1.54, 1.807) is 36.4 Å². The molecule has 8 heteroatoms. The van der Waals surface area contributed by atoms with Crippen LogP contribution in [-0.4, -0.2) is 17.5 Å². The number of aromatic nitrogens is 1. The maximum Gasteiger partial charge on any atom is 0.297 e. The highest BCUT2D eigenvalue weighted by Gasteiger charge is 2.44. The summed E-state index contributed by atoms with van der Waals surface area (Å²) < 4.78 is 11.5. The maximum absolute atomic E-state index is 13.5. The van der Waals surface area contributed by atoms with Crippen molar-refractivity contribution in [2.24, 2.45) is 0 Å². The van der Waals surface area contributed by atoms with Crippen LogP contribution in [0.5, 0.6) is 5.75 Å². The van der Waals surface area contributed by atoms with Gasteiger partial charge in [0.05, 0.1) is 22.7 Å². The summed E-state index contributed by atoms with van der Waals surface area (Å²) in [6.45, 7) is 5.88. The zero-order valence-electron chi connectivity index (χ0n) is 17.0. The molecule has 32 heavy (non-hydrogen) atoms. The normalized spacial score (nSPS) is 15.2. The van der Waals surface area contributed by atoms with Crippen LogP contribution in [-0.2, 0) is 0 Å². The molecule has 0 saturated carbocycles. The first-order valence-corrected chi connectivity index (χ1v) is 11.1. The number of benzene rings is 2. The fourth-order valence-corrected chi connectivity index (χ4v) is 4.81. The summed E-state index contributed by atoms with van der Waals surface area (Å²) in [4.78, 5) is 33.0. The fourth-order valence-electron chi connectivity index (χ4n) is 3.81. The van der Waals surface area contributed by atoms with Gasteiger partial charge in [-0.2, -0.15) is 0 Å². The van der Waals surface area contributed by atoms with E-state index in [4.69, 9.17) is 20.8 Å². The molecule has 1 atom stereocenters. The van der Waals surface area contributed by atoms with E-state index in [2.05, 4.69) is 11.6 Å². The summed E-state index contributed by atoms with van der Waals surface area (Å²) in [5, 5.41) is 3.11. The van der Waals surface area contributed by atoms with Crippen molar-refractivity contribution in [3.8, 4) is 5.75 Å². The van der Waals surface area contributed by atoms with Gasteiger partial charge in [0.15, 0.2) is 10.6 Å². The molecular formula is C24H17ClN2O4S. The number of halogens is 1. The van der Waals surface area contributed by atoms with Crippen molar-refractivity contribution in [3.05, 3.63) is 98.3 Å². The second kappa shape index (κ2) is 7.93. The van der Waals surface area contributed by atoms with Crippen LogP contribution in [0.4, 0.5) is 5.13 Å². The molecule has 0 spiro atoms. The lowest BCUT2D eigenvalue weighted by atomic mass is 9.98. The molecule has 4 aromatic rings. The molecule has 5 rings (SSSR count). The number of carbonyl (C=O) groups excluding carboxylic acids is 1. The van der Waals surface area contributed by atoms with Crippen molar-refractivity contribution < 1.29 is 13.9 Å². The molecule has 0 bridgehead atoms. The monoisotopic (exact) mass is 464 g/mol. The molecule has 1 amide bonds. The lowest BCUT2D eigenvalue weighted by molar-refractivity contribution is 0.0971. The number of rotatable bonds is 5. The zero-order chi connectivity index (χ0) is 22.4. The van der Waals surface area contributed by atoms with Crippen LogP contribution < -0.4 is 15.1 Å². The molecule has 160 valence electrons. The molecule has 1 unspecified atom stereocenters. The van der Waals surface area contributed by atoms with Crippen LogP contribution in [0.3, 0.4) is 0 Å². The highest BCUT2D eigenvalue weighted by atomic mass is 35.5. The van der Waals surface area contributed by atoms with Crippen LogP contribution >= 0.6 is 22.9 Å². The van der Waals surface area contributed by atoms with Crippen LogP contribution in [0.2, 0.25) is 5.02 Å². The Balaban J connectivity index is 1.72. The summed E-state index contributed by atoms with van der Waals surface area (Å²) in [6.07, 6.45) is 1.66. The van der Waals surface area contributed by atoms with Crippen LogP contribution in [0.25, 0.3) is 11.0 Å². The highest BCUT2D eigenvalue weighted by Crippen LogP contribution is 2.42. The lowest BCUT2D eigenvalue weighted by Crippen LogP contribution is -2.29. The van der Waals surface area contributed by atoms with Gasteiger partial charge in [0.2, 0.25) is 5.76 Å². The summed E-state index contributed by atoms with van der Waals surface area (Å²) in [5.41, 5.74) is 1.83. The SMILES string of the molecule is C=CCOc1ccc(C2c3c(oc4ccc(Cl)cc4c3=O)C(=O)N2c2nc(C)cs2)cc1. The third-order valence-corrected chi connectivity index (χ3v) is 6.40. The number of hydrogen-bond acceptors (Lipinski definition) is 6. The molecule has 6 nitrogen and oxygen atoms in total. The van der Waals surface area contributed by atoms with Crippen LogP contribution in [0.15, 0.2) is 69.7 Å². The minimum Gasteiger partial charge on any atom is -0.490 e. The van der Waals surface area contributed by atoms with E-state index in [1.165, 1.54) is 16.2 Å². The lowest BCUT2D eigenvalue weighted by Gasteiger charge is -2.22. The Hall–Kier alpha value is -3.42. The third kappa shape index (κ3) is 3.30.